The second-order valence-corrected chi connectivity index (χ2v) is 23.1. The molecule has 1 atom stereocenters. The molecule has 83 heavy (non-hydrogen) atoms. The molecule has 1 unspecified atom stereocenters. The van der Waals surface area contributed by atoms with E-state index in [9.17, 15) is 14.4 Å². The minimum Gasteiger partial charge on any atom is -0.462 e. The van der Waals surface area contributed by atoms with Crippen LogP contribution in [-0.4, -0.2) is 37.2 Å². The highest BCUT2D eigenvalue weighted by Gasteiger charge is 2.19. The Morgan fingerprint density at radius 3 is 0.735 bits per heavy atom. The molecule has 0 aliphatic heterocycles. The van der Waals surface area contributed by atoms with Crippen LogP contribution in [0.25, 0.3) is 0 Å². The van der Waals surface area contributed by atoms with Crippen molar-refractivity contribution in [2.45, 2.75) is 335 Å². The van der Waals surface area contributed by atoms with E-state index < -0.39 is 6.10 Å². The van der Waals surface area contributed by atoms with Crippen LogP contribution in [0.1, 0.15) is 329 Å². The summed E-state index contributed by atoms with van der Waals surface area (Å²) in [6.45, 7) is 6.44. The number of carbonyl (C=O) groups excluding carboxylic acids is 3. The Morgan fingerprint density at radius 1 is 0.253 bits per heavy atom. The minimum atomic E-state index is -0.794. The summed E-state index contributed by atoms with van der Waals surface area (Å²) >= 11 is 0. The van der Waals surface area contributed by atoms with Crippen LogP contribution in [0.3, 0.4) is 0 Å². The Kier molecular flexibility index (Phi) is 66.7. The van der Waals surface area contributed by atoms with Gasteiger partial charge >= 0.3 is 17.9 Å². The third-order valence-electron chi connectivity index (χ3n) is 15.0. The smallest absolute Gasteiger partial charge is 0.306 e. The summed E-state index contributed by atoms with van der Waals surface area (Å²) in [6, 6.07) is 0. The highest BCUT2D eigenvalue weighted by Crippen LogP contribution is 2.17. The number of hydrogen-bond acceptors (Lipinski definition) is 6. The fourth-order valence-corrected chi connectivity index (χ4v) is 9.77. The van der Waals surface area contributed by atoms with Crippen LogP contribution >= 0.6 is 0 Å². The highest BCUT2D eigenvalue weighted by atomic mass is 16.6. The Labute approximate surface area is 513 Å². The van der Waals surface area contributed by atoms with E-state index in [0.29, 0.717) is 19.3 Å². The molecule has 0 saturated heterocycles. The fourth-order valence-electron chi connectivity index (χ4n) is 9.77. The van der Waals surface area contributed by atoms with Gasteiger partial charge in [0.15, 0.2) is 6.10 Å². The van der Waals surface area contributed by atoms with Gasteiger partial charge in [0.2, 0.25) is 0 Å². The summed E-state index contributed by atoms with van der Waals surface area (Å²) in [5.41, 5.74) is 0. The summed E-state index contributed by atoms with van der Waals surface area (Å²) in [5.74, 6) is -0.942. The maximum atomic E-state index is 12.9. The predicted molar refractivity (Wildman–Crippen MR) is 362 cm³/mol. The zero-order valence-electron chi connectivity index (χ0n) is 54.4. The van der Waals surface area contributed by atoms with Gasteiger partial charge in [-0.2, -0.15) is 0 Å². The highest BCUT2D eigenvalue weighted by molar-refractivity contribution is 5.71. The van der Waals surface area contributed by atoms with Crippen molar-refractivity contribution < 1.29 is 28.6 Å². The van der Waals surface area contributed by atoms with Gasteiger partial charge in [0.25, 0.3) is 0 Å². The lowest BCUT2D eigenvalue weighted by atomic mass is 10.0. The molecule has 0 N–H and O–H groups in total. The summed E-state index contributed by atoms with van der Waals surface area (Å²) < 4.78 is 16.8. The fraction of sp³-hybridized carbons (Fsp3) is 0.701. The van der Waals surface area contributed by atoms with E-state index in [0.717, 1.165) is 135 Å². The van der Waals surface area contributed by atoms with Crippen molar-refractivity contribution in [1.82, 2.24) is 0 Å². The average molecular weight is 1150 g/mol. The van der Waals surface area contributed by atoms with E-state index in [2.05, 4.69) is 142 Å². The number of carbonyl (C=O) groups is 3. The normalized spacial score (nSPS) is 12.9. The zero-order chi connectivity index (χ0) is 59.9. The quantitative estimate of drug-likeness (QED) is 0.0261. The van der Waals surface area contributed by atoms with Crippen molar-refractivity contribution in [2.75, 3.05) is 13.2 Å². The minimum absolute atomic E-state index is 0.0917. The molecule has 6 nitrogen and oxygen atoms in total. The molecule has 0 rings (SSSR count). The van der Waals surface area contributed by atoms with Crippen molar-refractivity contribution >= 4 is 17.9 Å². The molecule has 474 valence electrons. The lowest BCUT2D eigenvalue weighted by Crippen LogP contribution is -2.30. The molecule has 0 radical (unpaired) electrons. The molecule has 0 aliphatic carbocycles. The summed E-state index contributed by atoms with van der Waals surface area (Å²) in [7, 11) is 0. The van der Waals surface area contributed by atoms with Crippen molar-refractivity contribution in [1.29, 1.82) is 0 Å². The Morgan fingerprint density at radius 2 is 0.470 bits per heavy atom. The molecule has 0 amide bonds. The van der Waals surface area contributed by atoms with Gasteiger partial charge in [-0.05, 0) is 96.3 Å². The molecule has 0 spiro atoms. The number of rotatable bonds is 63. The molecule has 0 fully saturated rings. The number of ether oxygens (including phenoxy) is 3. The maximum absolute atomic E-state index is 12.9. The molecular formula is C77H130O6. The van der Waals surface area contributed by atoms with Gasteiger partial charge in [-0.15, -0.1) is 0 Å². The molecule has 6 heteroatoms. The first-order chi connectivity index (χ1) is 41.0. The number of allylic oxidation sites excluding steroid dienone is 20. The molecular weight excluding hydrogens is 1020 g/mol. The van der Waals surface area contributed by atoms with Crippen LogP contribution in [0, 0.1) is 0 Å². The maximum Gasteiger partial charge on any atom is 0.306 e. The molecule has 0 heterocycles. The molecule has 0 aromatic heterocycles. The number of unbranched alkanes of at least 4 members (excludes halogenated alkanes) is 32. The van der Waals surface area contributed by atoms with E-state index in [1.807, 2.05) is 0 Å². The molecule has 0 aliphatic rings. The lowest BCUT2D eigenvalue weighted by Gasteiger charge is -2.18. The van der Waals surface area contributed by atoms with Gasteiger partial charge < -0.3 is 14.2 Å². The SMILES string of the molecule is CC/C=C\C/C=C\C/C=C\C/C=C\C/C=C\C/C=C\C/C=C\C/C=C\C/C=C\C/C=C\CCCCC(=O)OCC(COC(=O)CCCCCCC)OC(=O)CCCCCCCCCCCCCCCCCCCCCCCCCCCCC. The monoisotopic (exact) mass is 1150 g/mol. The topological polar surface area (TPSA) is 78.9 Å². The predicted octanol–water partition coefficient (Wildman–Crippen LogP) is 24.3. The molecule has 0 bridgehead atoms. The van der Waals surface area contributed by atoms with Crippen molar-refractivity contribution in [3.05, 3.63) is 122 Å². The van der Waals surface area contributed by atoms with E-state index in [1.54, 1.807) is 0 Å². The Hall–Kier alpha value is -4.19. The van der Waals surface area contributed by atoms with Crippen molar-refractivity contribution in [3.8, 4) is 0 Å². The van der Waals surface area contributed by atoms with Crippen LogP contribution in [0.4, 0.5) is 0 Å². The third-order valence-corrected chi connectivity index (χ3v) is 15.0. The van der Waals surface area contributed by atoms with Crippen LogP contribution in [0.2, 0.25) is 0 Å². The standard InChI is InChI=1S/C77H130O6/c1-4-7-10-13-15-17-19-21-23-25-27-29-31-33-35-36-37-38-39-40-42-43-45-47-49-51-53-55-57-59-61-64-67-70-76(79)82-73-74(72-81-75(78)69-66-63-12-9-6-3)83-77(80)71-68-65-62-60-58-56-54-52-50-48-46-44-41-34-32-30-28-26-24-22-20-18-16-14-11-8-5-2/h7,10,15,17,21,23,27,29,33,35,37-38,40,42,45,47,51,53,57,59,74H,4-6,8-9,11-14,16,18-20,22,24-26,28,30-32,34,36,39,41,43-44,46,48-50,52,54-56,58,60-73H2,1-3H3/b10-7-,17-15-,23-21-,29-27-,35-33-,38-37-,42-40-,47-45-,53-51-,59-57-. The van der Waals surface area contributed by atoms with Crippen LogP contribution < -0.4 is 0 Å². The second kappa shape index (κ2) is 70.3. The van der Waals surface area contributed by atoms with E-state index in [1.165, 1.54) is 154 Å². The first kappa shape index (κ1) is 78.8. The van der Waals surface area contributed by atoms with Crippen LogP contribution in [0.5, 0.6) is 0 Å². The molecule has 0 saturated carbocycles. The van der Waals surface area contributed by atoms with Crippen molar-refractivity contribution in [2.24, 2.45) is 0 Å². The van der Waals surface area contributed by atoms with E-state index >= 15 is 0 Å². The second-order valence-electron chi connectivity index (χ2n) is 23.1. The molecule has 0 aromatic rings. The average Bonchev–Trinajstić information content (AvgIpc) is 3.49. The van der Waals surface area contributed by atoms with Gasteiger partial charge in [0.1, 0.15) is 13.2 Å². The van der Waals surface area contributed by atoms with Gasteiger partial charge in [0.05, 0.1) is 0 Å². The summed E-state index contributed by atoms with van der Waals surface area (Å²) in [4.78, 5) is 38.0. The number of esters is 3. The van der Waals surface area contributed by atoms with E-state index in [-0.39, 0.29) is 31.1 Å². The van der Waals surface area contributed by atoms with Gasteiger partial charge in [-0.3, -0.25) is 14.4 Å². The summed E-state index contributed by atoms with van der Waals surface area (Å²) in [5, 5.41) is 0. The largest absolute Gasteiger partial charge is 0.462 e. The molecule has 0 aromatic carbocycles. The number of hydrogen-bond donors (Lipinski definition) is 0. The Balaban J connectivity index is 4.10. The first-order valence-corrected chi connectivity index (χ1v) is 35.0. The summed E-state index contributed by atoms with van der Waals surface area (Å²) in [6.07, 6.45) is 98.6. The van der Waals surface area contributed by atoms with Crippen molar-refractivity contribution in [3.63, 3.8) is 0 Å². The zero-order valence-corrected chi connectivity index (χ0v) is 54.4. The van der Waals surface area contributed by atoms with Crippen LogP contribution in [-0.2, 0) is 28.6 Å². The van der Waals surface area contributed by atoms with Gasteiger partial charge in [-0.25, -0.2) is 0 Å². The van der Waals surface area contributed by atoms with Crippen LogP contribution in [0.15, 0.2) is 122 Å². The first-order valence-electron chi connectivity index (χ1n) is 35.0. The third kappa shape index (κ3) is 68.5. The Bertz CT molecular complexity index is 1700. The van der Waals surface area contributed by atoms with E-state index in [4.69, 9.17) is 14.2 Å². The van der Waals surface area contributed by atoms with Gasteiger partial charge in [0, 0.05) is 19.3 Å². The van der Waals surface area contributed by atoms with Gasteiger partial charge in [-0.1, -0.05) is 335 Å². The lowest BCUT2D eigenvalue weighted by molar-refractivity contribution is -0.167.